The molecule has 140 valence electrons. The topological polar surface area (TPSA) is 59.4 Å². The number of para-hydroxylation sites is 1. The third kappa shape index (κ3) is 4.43. The van der Waals surface area contributed by atoms with E-state index in [9.17, 15) is 4.79 Å². The number of morpholine rings is 1. The molecule has 1 atom stereocenters. The zero-order valence-electron chi connectivity index (χ0n) is 15.9. The molecule has 2 aromatic rings. The van der Waals surface area contributed by atoms with Crippen LogP contribution in [0.2, 0.25) is 0 Å². The first-order valence-corrected chi connectivity index (χ1v) is 9.22. The molecule has 0 radical (unpaired) electrons. The van der Waals surface area contributed by atoms with Crippen molar-refractivity contribution < 1.29 is 9.53 Å². The summed E-state index contributed by atoms with van der Waals surface area (Å²) >= 11 is 0. The molecule has 1 aromatic carbocycles. The van der Waals surface area contributed by atoms with Gasteiger partial charge in [-0.25, -0.2) is 0 Å². The summed E-state index contributed by atoms with van der Waals surface area (Å²) in [5.41, 5.74) is 4.51. The minimum Gasteiger partial charge on any atom is -0.373 e. The summed E-state index contributed by atoms with van der Waals surface area (Å²) in [6, 6.07) is 10.3. The van der Waals surface area contributed by atoms with Crippen molar-refractivity contribution in [1.82, 2.24) is 15.1 Å². The summed E-state index contributed by atoms with van der Waals surface area (Å²) < 4.78 is 7.69. The number of carbonyl (C=O) groups is 1. The summed E-state index contributed by atoms with van der Waals surface area (Å²) in [7, 11) is 1.94. The minimum atomic E-state index is 0.0229. The molecule has 1 aromatic heterocycles. The van der Waals surface area contributed by atoms with Gasteiger partial charge in [0.1, 0.15) is 0 Å². The highest BCUT2D eigenvalue weighted by Crippen LogP contribution is 2.17. The maximum Gasteiger partial charge on any atom is 0.220 e. The van der Waals surface area contributed by atoms with Gasteiger partial charge in [0, 0.05) is 44.5 Å². The lowest BCUT2D eigenvalue weighted by molar-refractivity contribution is -0.121. The molecule has 1 aliphatic rings. The Balaban J connectivity index is 1.45. The molecule has 1 aliphatic heterocycles. The van der Waals surface area contributed by atoms with Crippen LogP contribution in [0, 0.1) is 13.8 Å². The van der Waals surface area contributed by atoms with Gasteiger partial charge in [-0.15, -0.1) is 0 Å². The number of anilines is 1. The third-order valence-electron chi connectivity index (χ3n) is 5.05. The molecule has 1 fully saturated rings. The van der Waals surface area contributed by atoms with E-state index in [2.05, 4.69) is 27.4 Å². The molecule has 1 N–H and O–H groups in total. The SMILES string of the molecule is Cc1nn(C)c(C)c1CCC(=O)NC[C@@H]1CN(c2ccccc2)CCO1. The first-order chi connectivity index (χ1) is 12.5. The van der Waals surface area contributed by atoms with E-state index in [1.165, 1.54) is 11.3 Å². The Hall–Kier alpha value is -2.34. The first kappa shape index (κ1) is 18.5. The van der Waals surface area contributed by atoms with Crippen molar-refractivity contribution in [3.8, 4) is 0 Å². The van der Waals surface area contributed by atoms with Crippen molar-refractivity contribution in [2.75, 3.05) is 31.1 Å². The summed E-state index contributed by atoms with van der Waals surface area (Å²) in [6.45, 7) is 6.95. The zero-order chi connectivity index (χ0) is 18.5. The van der Waals surface area contributed by atoms with Gasteiger partial charge in [0.05, 0.1) is 18.4 Å². The average molecular weight is 356 g/mol. The van der Waals surface area contributed by atoms with E-state index in [4.69, 9.17) is 4.74 Å². The molecule has 1 saturated heterocycles. The van der Waals surface area contributed by atoms with E-state index in [0.29, 0.717) is 19.6 Å². The van der Waals surface area contributed by atoms with Crippen LogP contribution in [0.3, 0.4) is 0 Å². The van der Waals surface area contributed by atoms with Crippen LogP contribution in [0.25, 0.3) is 0 Å². The minimum absolute atomic E-state index is 0.0229. The van der Waals surface area contributed by atoms with E-state index in [1.54, 1.807) is 0 Å². The number of benzene rings is 1. The highest BCUT2D eigenvalue weighted by Gasteiger charge is 2.21. The molecule has 0 spiro atoms. The second-order valence-corrected chi connectivity index (χ2v) is 6.85. The Morgan fingerprint density at radius 3 is 2.77 bits per heavy atom. The molecule has 3 rings (SSSR count). The number of hydrogen-bond donors (Lipinski definition) is 1. The summed E-state index contributed by atoms with van der Waals surface area (Å²) in [4.78, 5) is 14.5. The van der Waals surface area contributed by atoms with Crippen LogP contribution in [-0.2, 0) is 23.0 Å². The van der Waals surface area contributed by atoms with Crippen LogP contribution in [-0.4, -0.2) is 48.0 Å². The monoisotopic (exact) mass is 356 g/mol. The van der Waals surface area contributed by atoms with E-state index in [1.807, 2.05) is 43.8 Å². The maximum absolute atomic E-state index is 12.2. The number of rotatable bonds is 6. The fourth-order valence-corrected chi connectivity index (χ4v) is 3.45. The van der Waals surface area contributed by atoms with Crippen LogP contribution < -0.4 is 10.2 Å². The number of nitrogens with zero attached hydrogens (tertiary/aromatic N) is 3. The lowest BCUT2D eigenvalue weighted by atomic mass is 10.1. The molecule has 0 aliphatic carbocycles. The fourth-order valence-electron chi connectivity index (χ4n) is 3.45. The van der Waals surface area contributed by atoms with Crippen LogP contribution in [0.1, 0.15) is 23.4 Å². The fraction of sp³-hybridized carbons (Fsp3) is 0.500. The van der Waals surface area contributed by atoms with Crippen LogP contribution in [0.15, 0.2) is 30.3 Å². The van der Waals surface area contributed by atoms with Crippen LogP contribution in [0.4, 0.5) is 5.69 Å². The van der Waals surface area contributed by atoms with Gasteiger partial charge in [-0.1, -0.05) is 18.2 Å². The Morgan fingerprint density at radius 2 is 2.08 bits per heavy atom. The number of ether oxygens (including phenoxy) is 1. The van der Waals surface area contributed by atoms with Gasteiger partial charge in [0.25, 0.3) is 0 Å². The molecule has 0 saturated carbocycles. The number of carbonyl (C=O) groups excluding carboxylic acids is 1. The molecular formula is C20H28N4O2. The Labute approximate surface area is 155 Å². The standard InChI is InChI=1S/C20H28N4O2/c1-15-19(16(2)23(3)22-15)9-10-20(25)21-13-18-14-24(11-12-26-18)17-7-5-4-6-8-17/h4-8,18H,9-14H2,1-3H3,(H,21,25)/t18-/m1/s1. The van der Waals surface area contributed by atoms with Gasteiger partial charge >= 0.3 is 0 Å². The molecular weight excluding hydrogens is 328 g/mol. The summed E-state index contributed by atoms with van der Waals surface area (Å²) in [6.07, 6.45) is 1.22. The van der Waals surface area contributed by atoms with Gasteiger partial charge < -0.3 is 15.0 Å². The molecule has 0 unspecified atom stereocenters. The normalized spacial score (nSPS) is 17.3. The highest BCUT2D eigenvalue weighted by molar-refractivity contribution is 5.76. The van der Waals surface area contributed by atoms with Crippen LogP contribution in [0.5, 0.6) is 0 Å². The van der Waals surface area contributed by atoms with Gasteiger partial charge in [0.2, 0.25) is 5.91 Å². The van der Waals surface area contributed by atoms with Crippen molar-refractivity contribution in [2.24, 2.45) is 7.05 Å². The molecule has 26 heavy (non-hydrogen) atoms. The van der Waals surface area contributed by atoms with E-state index in [0.717, 1.165) is 30.9 Å². The van der Waals surface area contributed by atoms with Gasteiger partial charge in [-0.2, -0.15) is 5.10 Å². The molecule has 2 heterocycles. The third-order valence-corrected chi connectivity index (χ3v) is 5.05. The average Bonchev–Trinajstić information content (AvgIpc) is 2.91. The lowest BCUT2D eigenvalue weighted by Crippen LogP contribution is -2.47. The highest BCUT2D eigenvalue weighted by atomic mass is 16.5. The van der Waals surface area contributed by atoms with Gasteiger partial charge in [-0.3, -0.25) is 9.48 Å². The van der Waals surface area contributed by atoms with E-state index in [-0.39, 0.29) is 12.0 Å². The molecule has 6 nitrogen and oxygen atoms in total. The Morgan fingerprint density at radius 1 is 1.31 bits per heavy atom. The molecule has 1 amide bonds. The predicted octanol–water partition coefficient (Wildman–Crippen LogP) is 1.99. The second-order valence-electron chi connectivity index (χ2n) is 6.85. The van der Waals surface area contributed by atoms with E-state index >= 15 is 0 Å². The summed E-state index contributed by atoms with van der Waals surface area (Å²) in [5, 5.41) is 7.43. The van der Waals surface area contributed by atoms with Crippen molar-refractivity contribution in [1.29, 1.82) is 0 Å². The number of amides is 1. The number of hydrogen-bond acceptors (Lipinski definition) is 4. The molecule has 0 bridgehead atoms. The zero-order valence-corrected chi connectivity index (χ0v) is 15.9. The Bertz CT molecular complexity index is 742. The van der Waals surface area contributed by atoms with Crippen molar-refractivity contribution >= 4 is 11.6 Å². The van der Waals surface area contributed by atoms with Gasteiger partial charge in [0.15, 0.2) is 0 Å². The second kappa shape index (κ2) is 8.36. The van der Waals surface area contributed by atoms with Crippen molar-refractivity contribution in [3.05, 3.63) is 47.3 Å². The largest absolute Gasteiger partial charge is 0.373 e. The Kier molecular flexibility index (Phi) is 5.93. The quantitative estimate of drug-likeness (QED) is 0.860. The lowest BCUT2D eigenvalue weighted by Gasteiger charge is -2.34. The maximum atomic E-state index is 12.2. The molecule has 6 heteroatoms. The first-order valence-electron chi connectivity index (χ1n) is 9.22. The van der Waals surface area contributed by atoms with Crippen molar-refractivity contribution in [3.63, 3.8) is 0 Å². The smallest absolute Gasteiger partial charge is 0.220 e. The van der Waals surface area contributed by atoms with Crippen LogP contribution >= 0.6 is 0 Å². The van der Waals surface area contributed by atoms with Gasteiger partial charge in [-0.05, 0) is 38.0 Å². The van der Waals surface area contributed by atoms with E-state index < -0.39 is 0 Å². The summed E-state index contributed by atoms with van der Waals surface area (Å²) in [5.74, 6) is 0.0630. The number of nitrogens with one attached hydrogen (secondary N) is 1. The van der Waals surface area contributed by atoms with Crippen molar-refractivity contribution in [2.45, 2.75) is 32.8 Å². The predicted molar refractivity (Wildman–Crippen MR) is 102 cm³/mol. The number of aryl methyl sites for hydroxylation is 2. The number of aromatic nitrogens is 2.